The molecule has 4 rings (SSSR count). The predicted molar refractivity (Wildman–Crippen MR) is 112 cm³/mol. The molecule has 0 spiro atoms. The van der Waals surface area contributed by atoms with Crippen LogP contribution < -0.4 is 15.0 Å². The van der Waals surface area contributed by atoms with Crippen molar-refractivity contribution in [1.82, 2.24) is 15.3 Å². The molecule has 1 N–H and O–H groups in total. The van der Waals surface area contributed by atoms with Crippen LogP contribution in [-0.4, -0.2) is 34.9 Å². The van der Waals surface area contributed by atoms with Gasteiger partial charge in [-0.2, -0.15) is 0 Å². The van der Waals surface area contributed by atoms with Crippen LogP contribution in [0.5, 0.6) is 5.75 Å². The number of thiazole rings is 1. The van der Waals surface area contributed by atoms with Crippen LogP contribution in [0.3, 0.4) is 0 Å². The number of aryl methyl sites for hydroxylation is 1. The minimum Gasteiger partial charge on any atom is -0.494 e. The fourth-order valence-corrected chi connectivity index (χ4v) is 4.38. The van der Waals surface area contributed by atoms with E-state index in [4.69, 9.17) is 4.74 Å². The third-order valence-corrected chi connectivity index (χ3v) is 6.02. The van der Waals surface area contributed by atoms with E-state index in [-0.39, 0.29) is 24.2 Å². The van der Waals surface area contributed by atoms with Crippen LogP contribution in [0.1, 0.15) is 24.5 Å². The molecule has 8 heteroatoms. The van der Waals surface area contributed by atoms with Crippen LogP contribution >= 0.6 is 11.3 Å². The number of carbonyl (C=O) groups is 2. The monoisotopic (exact) mass is 410 g/mol. The number of fused-ring (bicyclic) bond motifs is 1. The van der Waals surface area contributed by atoms with Gasteiger partial charge in [-0.15, -0.1) is 0 Å². The molecule has 1 fully saturated rings. The maximum absolute atomic E-state index is 12.6. The summed E-state index contributed by atoms with van der Waals surface area (Å²) in [7, 11) is 0. The van der Waals surface area contributed by atoms with Gasteiger partial charge in [0.2, 0.25) is 11.8 Å². The number of aromatic nitrogens is 2. The van der Waals surface area contributed by atoms with Gasteiger partial charge in [-0.25, -0.2) is 4.98 Å². The number of nitrogens with one attached hydrogen (secondary N) is 1. The van der Waals surface area contributed by atoms with Gasteiger partial charge < -0.3 is 10.1 Å². The zero-order chi connectivity index (χ0) is 20.4. The second kappa shape index (κ2) is 8.16. The number of pyridine rings is 1. The van der Waals surface area contributed by atoms with Crippen LogP contribution in [0, 0.1) is 12.8 Å². The first-order valence-corrected chi connectivity index (χ1v) is 10.4. The Morgan fingerprint density at radius 3 is 3.03 bits per heavy atom. The lowest BCUT2D eigenvalue weighted by atomic mass is 10.1. The lowest BCUT2D eigenvalue weighted by Crippen LogP contribution is -2.32. The minimum absolute atomic E-state index is 0.0747. The van der Waals surface area contributed by atoms with Crippen molar-refractivity contribution in [2.45, 2.75) is 26.8 Å². The van der Waals surface area contributed by atoms with Crippen molar-refractivity contribution in [3.63, 3.8) is 0 Å². The maximum Gasteiger partial charge on any atom is 0.229 e. The number of ether oxygens (including phenoxy) is 1. The molecule has 1 atom stereocenters. The standard InChI is InChI=1S/C21H22N4O3S/c1-3-28-16-4-5-17-18(9-16)29-21(24-17)25-12-15(8-19(25)26)20(27)23-11-14-6-7-22-10-13(14)2/h4-7,9-10,15H,3,8,11-12H2,1-2H3,(H,23,27). The summed E-state index contributed by atoms with van der Waals surface area (Å²) in [6.07, 6.45) is 3.67. The van der Waals surface area contributed by atoms with E-state index < -0.39 is 0 Å². The third kappa shape index (κ3) is 4.07. The van der Waals surface area contributed by atoms with Gasteiger partial charge in [0, 0.05) is 31.9 Å². The van der Waals surface area contributed by atoms with E-state index in [2.05, 4.69) is 15.3 Å². The Hall–Kier alpha value is -3.00. The Labute approximate surface area is 172 Å². The Morgan fingerprint density at radius 1 is 1.38 bits per heavy atom. The topological polar surface area (TPSA) is 84.4 Å². The Bertz CT molecular complexity index is 1070. The molecule has 1 aliphatic heterocycles. The molecule has 7 nitrogen and oxygen atoms in total. The van der Waals surface area contributed by atoms with Gasteiger partial charge in [-0.05, 0) is 49.2 Å². The van der Waals surface area contributed by atoms with E-state index in [1.165, 1.54) is 11.3 Å². The van der Waals surface area contributed by atoms with Crippen molar-refractivity contribution in [2.24, 2.45) is 5.92 Å². The molecule has 150 valence electrons. The largest absolute Gasteiger partial charge is 0.494 e. The summed E-state index contributed by atoms with van der Waals surface area (Å²) in [5.41, 5.74) is 2.87. The number of benzene rings is 1. The number of hydrogen-bond acceptors (Lipinski definition) is 6. The fourth-order valence-electron chi connectivity index (χ4n) is 3.36. The van der Waals surface area contributed by atoms with E-state index in [0.717, 1.165) is 27.1 Å². The lowest BCUT2D eigenvalue weighted by Gasteiger charge is -2.13. The number of amides is 2. The summed E-state index contributed by atoms with van der Waals surface area (Å²) >= 11 is 1.44. The highest BCUT2D eigenvalue weighted by Crippen LogP contribution is 2.34. The molecule has 3 aromatic rings. The summed E-state index contributed by atoms with van der Waals surface area (Å²) in [4.78, 5) is 35.4. The van der Waals surface area contributed by atoms with Gasteiger partial charge >= 0.3 is 0 Å². The van der Waals surface area contributed by atoms with E-state index in [1.54, 1.807) is 17.3 Å². The van der Waals surface area contributed by atoms with Gasteiger partial charge in [0.05, 0.1) is 22.7 Å². The first-order valence-electron chi connectivity index (χ1n) is 9.56. The molecule has 1 aromatic carbocycles. The summed E-state index contributed by atoms with van der Waals surface area (Å²) in [5, 5.41) is 3.57. The molecular weight excluding hydrogens is 388 g/mol. The zero-order valence-electron chi connectivity index (χ0n) is 16.3. The van der Waals surface area contributed by atoms with Crippen LogP contribution in [0.25, 0.3) is 10.2 Å². The highest BCUT2D eigenvalue weighted by molar-refractivity contribution is 7.22. The Kier molecular flexibility index (Phi) is 5.44. The maximum atomic E-state index is 12.6. The molecule has 1 aliphatic rings. The molecular formula is C21H22N4O3S. The number of rotatable bonds is 6. The quantitative estimate of drug-likeness (QED) is 0.675. The van der Waals surface area contributed by atoms with Gasteiger partial charge in [0.1, 0.15) is 5.75 Å². The van der Waals surface area contributed by atoms with Crippen molar-refractivity contribution in [3.05, 3.63) is 47.8 Å². The molecule has 0 radical (unpaired) electrons. The van der Waals surface area contributed by atoms with Crippen molar-refractivity contribution in [1.29, 1.82) is 0 Å². The first-order chi connectivity index (χ1) is 14.0. The summed E-state index contributed by atoms with van der Waals surface area (Å²) in [5.74, 6) is 0.216. The Balaban J connectivity index is 1.44. The van der Waals surface area contributed by atoms with E-state index >= 15 is 0 Å². The molecule has 1 unspecified atom stereocenters. The second-order valence-electron chi connectivity index (χ2n) is 6.98. The fraction of sp³-hybridized carbons (Fsp3) is 0.333. The minimum atomic E-state index is -0.379. The zero-order valence-corrected chi connectivity index (χ0v) is 17.2. The van der Waals surface area contributed by atoms with Crippen LogP contribution in [-0.2, 0) is 16.1 Å². The smallest absolute Gasteiger partial charge is 0.229 e. The van der Waals surface area contributed by atoms with Crippen molar-refractivity contribution in [2.75, 3.05) is 18.1 Å². The Morgan fingerprint density at radius 2 is 2.24 bits per heavy atom. The summed E-state index contributed by atoms with van der Waals surface area (Å²) in [6, 6.07) is 7.59. The van der Waals surface area contributed by atoms with E-state index in [9.17, 15) is 9.59 Å². The number of anilines is 1. The van der Waals surface area contributed by atoms with E-state index in [0.29, 0.717) is 24.8 Å². The van der Waals surface area contributed by atoms with Crippen molar-refractivity contribution in [3.8, 4) is 5.75 Å². The third-order valence-electron chi connectivity index (χ3n) is 4.98. The molecule has 2 amide bonds. The lowest BCUT2D eigenvalue weighted by molar-refractivity contribution is -0.126. The number of hydrogen-bond donors (Lipinski definition) is 1. The molecule has 0 aliphatic carbocycles. The summed E-state index contributed by atoms with van der Waals surface area (Å²) in [6.45, 7) is 5.26. The van der Waals surface area contributed by atoms with Crippen molar-refractivity contribution >= 4 is 38.5 Å². The average Bonchev–Trinajstić information content (AvgIpc) is 3.30. The second-order valence-corrected chi connectivity index (χ2v) is 7.99. The summed E-state index contributed by atoms with van der Waals surface area (Å²) < 4.78 is 6.49. The van der Waals surface area contributed by atoms with Gasteiger partial charge in [0.25, 0.3) is 0 Å². The molecule has 1 saturated heterocycles. The first kappa shape index (κ1) is 19.3. The van der Waals surface area contributed by atoms with Gasteiger partial charge in [-0.3, -0.25) is 19.5 Å². The van der Waals surface area contributed by atoms with Crippen LogP contribution in [0.2, 0.25) is 0 Å². The highest BCUT2D eigenvalue weighted by Gasteiger charge is 2.36. The van der Waals surface area contributed by atoms with Crippen LogP contribution in [0.15, 0.2) is 36.7 Å². The molecule has 3 heterocycles. The number of nitrogens with zero attached hydrogens (tertiary/aromatic N) is 3. The molecule has 29 heavy (non-hydrogen) atoms. The average molecular weight is 410 g/mol. The highest BCUT2D eigenvalue weighted by atomic mass is 32.1. The molecule has 0 bridgehead atoms. The SMILES string of the molecule is CCOc1ccc2nc(N3CC(C(=O)NCc4ccncc4C)CC3=O)sc2c1. The number of carbonyl (C=O) groups excluding carboxylic acids is 2. The van der Waals surface area contributed by atoms with E-state index in [1.807, 2.05) is 38.1 Å². The van der Waals surface area contributed by atoms with Crippen LogP contribution in [0.4, 0.5) is 5.13 Å². The molecule has 2 aromatic heterocycles. The van der Waals surface area contributed by atoms with Crippen molar-refractivity contribution < 1.29 is 14.3 Å². The van der Waals surface area contributed by atoms with Gasteiger partial charge in [0.15, 0.2) is 5.13 Å². The normalized spacial score (nSPS) is 16.4. The molecule has 0 saturated carbocycles. The predicted octanol–water partition coefficient (Wildman–Crippen LogP) is 3.07. The van der Waals surface area contributed by atoms with Gasteiger partial charge in [-0.1, -0.05) is 11.3 Å².